The van der Waals surface area contributed by atoms with Crippen LogP contribution in [0.4, 0.5) is 0 Å². The molecule has 27 nitrogen and oxygen atoms in total. The molecule has 1 aliphatic heterocycles. The topological polar surface area (TPSA) is 287 Å². The number of likely N-dealkylation sites (N-methyl/N-ethyl adjacent to an activating group) is 4. The number of allylic oxidation sites excluding steroid dienone is 4. The molecule has 0 aromatic rings. The van der Waals surface area contributed by atoms with E-state index in [0.29, 0.717) is 100 Å². The molecule has 0 bridgehead atoms. The number of methoxy groups -OCH3 is 10. The second-order valence-corrected chi connectivity index (χ2v) is 29.8. The molecule has 1 rings (SSSR count). The molecule has 1 unspecified atom stereocenters. The van der Waals surface area contributed by atoms with Gasteiger partial charge in [0.2, 0.25) is 0 Å². The maximum absolute atomic E-state index is 10.7. The van der Waals surface area contributed by atoms with E-state index in [9.17, 15) is 13.0 Å². The third-order valence-corrected chi connectivity index (χ3v) is 12.8. The van der Waals surface area contributed by atoms with Gasteiger partial charge in [-0.2, -0.15) is 11.8 Å². The zero-order valence-corrected chi connectivity index (χ0v) is 75.9. The van der Waals surface area contributed by atoms with Gasteiger partial charge in [0, 0.05) is 168 Å². The van der Waals surface area contributed by atoms with Gasteiger partial charge in [-0.3, -0.25) is 13.3 Å². The Hall–Kier alpha value is -5.06. The number of ether oxygens (including phenoxy) is 15. The van der Waals surface area contributed by atoms with Gasteiger partial charge < -0.3 is 116 Å². The Kier molecular flexibility index (Phi) is 127. The molecular weight excluding hydrogens is 1470 g/mol. The number of nitrogens with zero attached hydrogens (tertiary/aromatic N) is 4. The monoisotopic (exact) mass is 1630 g/mol. The summed E-state index contributed by atoms with van der Waals surface area (Å²) in [6.07, 6.45) is 13.6. The van der Waals surface area contributed by atoms with Gasteiger partial charge in [-0.05, 0) is 120 Å². The predicted molar refractivity (Wildman–Crippen MR) is 462 cm³/mol. The summed E-state index contributed by atoms with van der Waals surface area (Å²) in [5.41, 5.74) is 1.84. The van der Waals surface area contributed by atoms with Crippen molar-refractivity contribution in [3.8, 4) is 0 Å². The van der Waals surface area contributed by atoms with E-state index in [4.69, 9.17) is 67.4 Å². The average Bonchev–Trinajstić information content (AvgIpc) is 0.966. The quantitative estimate of drug-likeness (QED) is 0.0164. The molecule has 1 saturated heterocycles. The van der Waals surface area contributed by atoms with Crippen LogP contribution in [0.2, 0.25) is 0 Å². The number of aliphatic hydroxyl groups is 3. The fourth-order valence-corrected chi connectivity index (χ4v) is 7.64. The van der Waals surface area contributed by atoms with Gasteiger partial charge in [-0.1, -0.05) is 84.0 Å². The Morgan fingerprint density at radius 2 is 0.963 bits per heavy atom. The maximum atomic E-state index is 10.7. The van der Waals surface area contributed by atoms with Crippen LogP contribution in [0.3, 0.4) is 0 Å². The summed E-state index contributed by atoms with van der Waals surface area (Å²) in [5.74, 6) is 4.51. The molecular formula is C77H159N6O21PS3. The van der Waals surface area contributed by atoms with E-state index in [2.05, 4.69) is 115 Å². The fourth-order valence-electron chi connectivity index (χ4n) is 5.91. The molecule has 0 saturated carbocycles. The predicted octanol–water partition coefficient (Wildman–Crippen LogP) is 12.1. The normalized spacial score (nSPS) is 11.6. The van der Waals surface area contributed by atoms with Crippen LogP contribution in [-0.4, -0.2) is 346 Å². The zero-order valence-electron chi connectivity index (χ0n) is 72.5. The highest BCUT2D eigenvalue weighted by Crippen LogP contribution is 2.34. The lowest BCUT2D eigenvalue weighted by atomic mass is 10.4. The first-order valence-electron chi connectivity index (χ1n) is 34.1. The average molecular weight is 1630 g/mol. The number of hydrogen-bond donors (Lipinski definition) is 5. The molecule has 1 fully saturated rings. The molecule has 0 radical (unpaired) electrons. The molecule has 31 heteroatoms. The van der Waals surface area contributed by atoms with Gasteiger partial charge in [0.25, 0.3) is 0 Å². The number of aliphatic hydroxyl groups excluding tert-OH is 3. The summed E-state index contributed by atoms with van der Waals surface area (Å²) in [5, 5.41) is 34.0. The van der Waals surface area contributed by atoms with E-state index in [1.54, 1.807) is 131 Å². The van der Waals surface area contributed by atoms with E-state index >= 15 is 0 Å². The molecule has 646 valence electrons. The summed E-state index contributed by atoms with van der Waals surface area (Å²) < 4.78 is 105. The van der Waals surface area contributed by atoms with E-state index in [1.807, 2.05) is 90.2 Å². The molecule has 3 atom stereocenters. The first kappa shape index (κ1) is 129. The van der Waals surface area contributed by atoms with Crippen molar-refractivity contribution in [3.63, 3.8) is 0 Å². The van der Waals surface area contributed by atoms with Crippen molar-refractivity contribution >= 4 is 40.5 Å². The lowest BCUT2D eigenvalue weighted by molar-refractivity contribution is 0.0249. The van der Waals surface area contributed by atoms with Gasteiger partial charge in [0.05, 0.1) is 52.3 Å². The minimum absolute atomic E-state index is 0.0671. The Morgan fingerprint density at radius 3 is 1.20 bits per heavy atom. The van der Waals surface area contributed by atoms with Crippen LogP contribution in [0, 0.1) is 0 Å². The first-order valence-corrected chi connectivity index (χ1v) is 41.6. The summed E-state index contributed by atoms with van der Waals surface area (Å²) in [6.45, 7) is 62.6. The molecule has 0 aromatic carbocycles. The molecule has 108 heavy (non-hydrogen) atoms. The van der Waals surface area contributed by atoms with Crippen LogP contribution in [0.25, 0.3) is 0 Å². The maximum Gasteiger partial charge on any atom is 0.115 e. The van der Waals surface area contributed by atoms with Gasteiger partial charge in [0.15, 0.2) is 0 Å². The van der Waals surface area contributed by atoms with Gasteiger partial charge >= 0.3 is 0 Å². The van der Waals surface area contributed by atoms with Crippen LogP contribution in [0.5, 0.6) is 0 Å². The lowest BCUT2D eigenvalue weighted by Crippen LogP contribution is -2.38. The van der Waals surface area contributed by atoms with Gasteiger partial charge in [-0.15, -0.1) is 0 Å². The number of rotatable bonds is 44. The second-order valence-electron chi connectivity index (χ2n) is 23.0. The molecule has 0 amide bonds. The van der Waals surface area contributed by atoms with Crippen LogP contribution >= 0.6 is 18.9 Å². The van der Waals surface area contributed by atoms with Gasteiger partial charge in [0.1, 0.15) is 106 Å². The van der Waals surface area contributed by atoms with E-state index in [-0.39, 0.29) is 30.0 Å². The number of nitrogens with one attached hydrogen (secondary N) is 2. The van der Waals surface area contributed by atoms with Crippen LogP contribution in [-0.2, 0) is 97.2 Å². The smallest absolute Gasteiger partial charge is 0.115 e. The Balaban J connectivity index is -0.0000000936. The van der Waals surface area contributed by atoms with Crippen molar-refractivity contribution in [2.24, 2.45) is 0 Å². The third-order valence-electron chi connectivity index (χ3n) is 10.0. The molecule has 1 aliphatic rings. The van der Waals surface area contributed by atoms with Crippen molar-refractivity contribution in [1.29, 1.82) is 0 Å². The Labute approximate surface area is 668 Å². The number of hydrogen-bond acceptors (Lipinski definition) is 28. The molecule has 5 N–H and O–H groups in total. The minimum Gasteiger partial charge on any atom is -0.512 e. The second kappa shape index (κ2) is 106. The van der Waals surface area contributed by atoms with Crippen molar-refractivity contribution in [2.45, 2.75) is 47.1 Å². The summed E-state index contributed by atoms with van der Waals surface area (Å²) >= 11 is 1.56. The van der Waals surface area contributed by atoms with Crippen molar-refractivity contribution < 1.29 is 99.4 Å². The molecule has 0 aliphatic carbocycles. The summed E-state index contributed by atoms with van der Waals surface area (Å²) in [6, 6.07) is 0. The highest BCUT2D eigenvalue weighted by molar-refractivity contribution is 7.98. The SMILES string of the molecule is C/C=C/[S@@](C)=O.C/C=C/[S@](C)=O.C=C(COC)NC.C=C(COC)NCC.C=C(COC)OC.C=C(COC)OC(C)CN(C)C.C=C(COC)OCCCN(C)C.C=C(COC)OCCN(C)C.C=C(COC)OCCN1CCOCC1.C=C(O)/C=C/C.C=C(O)COC.C=C(O)CSC.COCP(C)(C)=O. The highest BCUT2D eigenvalue weighted by atomic mass is 32.2. The third kappa shape index (κ3) is 170. The van der Waals surface area contributed by atoms with Gasteiger partial charge in [-0.25, -0.2) is 0 Å². The van der Waals surface area contributed by atoms with Crippen LogP contribution in [0.15, 0.2) is 158 Å². The van der Waals surface area contributed by atoms with Crippen molar-refractivity contribution in [1.82, 2.24) is 30.2 Å². The first-order chi connectivity index (χ1) is 50.5. The summed E-state index contributed by atoms with van der Waals surface area (Å²) in [4.78, 5) is 8.58. The largest absolute Gasteiger partial charge is 0.512 e. The number of morpholine rings is 1. The standard InChI is InChI=1S/C10H19NO3.2C9H19NO2.C8H17NO2.C6H13NO.C5H11NO.C5H10O2.C5H8O.C4H11O2P.C4H8O2.3C4H8OS/c1-10(9-12-2)14-8-5-11-3-6-13-7-4-11;1-8(6-10(3)4)12-9(2)7-11-5;1-9(8-11-4)12-7-5-6-10(2)3;1-8(7-10-4)11-6-5-9(2)3;1-4-7-6(2)5-8-3;1-5(6-2)4-7-3;1-5(7-3)4-6-2;1-3-4-5(2)6;1-6-4-7(2,3)5;2*1-4(5)3-6-2;2*1-3-4-6(2)5/h1,3-9H2,2H3;8H,2,6-7H2,1,3-5H3;1,5-8H2,2-4H3;1,5-7H2,2-4H3;7H,2,4-5H2,1,3H3;6H,1,4H2,2-3H3;1,4H2,2-3H3;3-4,6H,2H2,1H3;4H2,1-3H3;2*5H,1,3H2,2H3;2*3-4H,1-2H3/b;;;;;;;4-3+;;;;2*4-3+/t;;;;;;;;;;;2*6-/m...........10/s1. The van der Waals surface area contributed by atoms with Crippen molar-refractivity contribution in [3.05, 3.63) is 158 Å². The Bertz CT molecular complexity index is 2180. The van der Waals surface area contributed by atoms with Crippen LogP contribution < -0.4 is 10.6 Å². The van der Waals surface area contributed by atoms with E-state index in [1.165, 1.54) is 13.2 Å². The van der Waals surface area contributed by atoms with Crippen LogP contribution in [0.1, 0.15) is 41.0 Å². The molecule has 1 heterocycles. The Morgan fingerprint density at radius 1 is 0.565 bits per heavy atom. The fraction of sp³-hybridized carbons (Fsp3) is 0.662. The van der Waals surface area contributed by atoms with Crippen molar-refractivity contribution in [2.75, 3.05) is 296 Å². The van der Waals surface area contributed by atoms with E-state index in [0.717, 1.165) is 83.4 Å². The van der Waals surface area contributed by atoms with E-state index < -0.39 is 28.7 Å². The zero-order chi connectivity index (χ0) is 86.5. The summed E-state index contributed by atoms with van der Waals surface area (Å²) in [7, 11) is 26.6. The molecule has 0 spiro atoms. The number of thioether (sulfide) groups is 1. The molecule has 0 aromatic heterocycles. The minimum atomic E-state index is -1.89. The lowest BCUT2D eigenvalue weighted by Gasteiger charge is -2.26. The highest BCUT2D eigenvalue weighted by Gasteiger charge is 2.10.